The van der Waals surface area contributed by atoms with E-state index < -0.39 is 24.1 Å². The summed E-state index contributed by atoms with van der Waals surface area (Å²) in [4.78, 5) is 0. The van der Waals surface area contributed by atoms with Crippen LogP contribution in [0.5, 0.6) is 5.75 Å². The first-order valence-corrected chi connectivity index (χ1v) is 10.5. The van der Waals surface area contributed by atoms with E-state index in [9.17, 15) is 22.0 Å². The van der Waals surface area contributed by atoms with Gasteiger partial charge in [-0.3, -0.25) is 4.40 Å². The first-order valence-electron chi connectivity index (χ1n) is 10.5. The fourth-order valence-electron chi connectivity index (χ4n) is 4.85. The first-order chi connectivity index (χ1) is 15.3. The van der Waals surface area contributed by atoms with Crippen molar-refractivity contribution in [2.45, 2.75) is 57.4 Å². The Morgan fingerprint density at radius 1 is 1.09 bits per heavy atom. The molecule has 0 amide bonds. The lowest BCUT2D eigenvalue weighted by atomic mass is 9.86. The van der Waals surface area contributed by atoms with Crippen molar-refractivity contribution < 1.29 is 26.7 Å². The molecule has 2 aliphatic rings. The number of nitrogens with one attached hydrogen (secondary N) is 1. The molecule has 0 bridgehead atoms. The van der Waals surface area contributed by atoms with E-state index in [1.165, 1.54) is 32.1 Å². The van der Waals surface area contributed by atoms with Gasteiger partial charge in [0.25, 0.3) is 0 Å². The van der Waals surface area contributed by atoms with Crippen LogP contribution >= 0.6 is 0 Å². The maximum Gasteiger partial charge on any atom is 0.416 e. The van der Waals surface area contributed by atoms with Crippen molar-refractivity contribution in [3.8, 4) is 17.0 Å². The predicted octanol–water partition coefficient (Wildman–Crippen LogP) is 6.15. The van der Waals surface area contributed by atoms with Gasteiger partial charge in [0.05, 0.1) is 11.1 Å². The molecular weight excluding hydrogens is 431 g/mol. The molecule has 170 valence electrons. The summed E-state index contributed by atoms with van der Waals surface area (Å²) >= 11 is 0. The van der Waals surface area contributed by atoms with E-state index >= 15 is 0 Å². The van der Waals surface area contributed by atoms with Crippen molar-refractivity contribution in [1.82, 2.24) is 14.6 Å². The molecule has 2 saturated carbocycles. The zero-order valence-electron chi connectivity index (χ0n) is 17.0. The van der Waals surface area contributed by atoms with Crippen molar-refractivity contribution in [3.63, 3.8) is 0 Å². The topological polar surface area (TPSA) is 51.5 Å². The zero-order valence-corrected chi connectivity index (χ0v) is 17.0. The molecule has 1 N–H and O–H groups in total. The number of hydrogen-bond donors (Lipinski definition) is 1. The van der Waals surface area contributed by atoms with Gasteiger partial charge in [-0.2, -0.15) is 22.0 Å². The van der Waals surface area contributed by atoms with Crippen LogP contribution in [0.2, 0.25) is 0 Å². The van der Waals surface area contributed by atoms with Crippen molar-refractivity contribution in [2.75, 3.05) is 5.32 Å². The Balaban J connectivity index is 1.50. The number of rotatable bonds is 5. The molecule has 1 spiro atoms. The molecule has 5 rings (SSSR count). The molecule has 2 heterocycles. The van der Waals surface area contributed by atoms with Crippen molar-refractivity contribution >= 4 is 11.5 Å². The summed E-state index contributed by atoms with van der Waals surface area (Å²) < 4.78 is 71.3. The van der Waals surface area contributed by atoms with Crippen molar-refractivity contribution in [2.24, 2.45) is 5.41 Å². The monoisotopic (exact) mass is 452 g/mol. The number of halogens is 5. The standard InChI is InChI=1S/C22H21F5N4O/c23-19(24)32-16-11-13(22(25,26)27)6-7-14(16)18-15-5-4-10-31(15)20(30-29-18)28-17-12-21(17)8-2-1-3-9-21/h4-7,10-11,17,19H,1-3,8-9,12H2,(H,28,30)/t17-/m0/s1. The summed E-state index contributed by atoms with van der Waals surface area (Å²) in [6.45, 7) is -3.28. The van der Waals surface area contributed by atoms with Crippen molar-refractivity contribution in [1.29, 1.82) is 0 Å². The molecular formula is C22H21F5N4O. The average Bonchev–Trinajstić information content (AvgIpc) is 3.15. The maximum absolute atomic E-state index is 13.1. The average molecular weight is 452 g/mol. The van der Waals surface area contributed by atoms with E-state index in [0.717, 1.165) is 18.6 Å². The summed E-state index contributed by atoms with van der Waals surface area (Å²) in [6.07, 6.45) is 4.22. The lowest BCUT2D eigenvalue weighted by molar-refractivity contribution is -0.138. The Morgan fingerprint density at radius 2 is 1.88 bits per heavy atom. The third-order valence-corrected chi connectivity index (χ3v) is 6.59. The number of benzene rings is 1. The quantitative estimate of drug-likeness (QED) is 0.472. The van der Waals surface area contributed by atoms with Gasteiger partial charge in [-0.05, 0) is 55.0 Å². The van der Waals surface area contributed by atoms with Crippen molar-refractivity contribution in [3.05, 3.63) is 42.1 Å². The molecule has 1 atom stereocenters. The van der Waals surface area contributed by atoms with Crippen LogP contribution in [0.25, 0.3) is 16.8 Å². The summed E-state index contributed by atoms with van der Waals surface area (Å²) in [5.41, 5.74) is -0.0749. The van der Waals surface area contributed by atoms with E-state index in [2.05, 4.69) is 20.3 Å². The summed E-state index contributed by atoms with van der Waals surface area (Å²) in [5, 5.41) is 11.9. The first kappa shape index (κ1) is 21.0. The van der Waals surface area contributed by atoms with Crippen LogP contribution in [-0.4, -0.2) is 27.3 Å². The molecule has 0 saturated heterocycles. The SMILES string of the molecule is FC(F)Oc1cc(C(F)(F)F)ccc1-c1nnc(N[C@H]2CC23CCCCC3)n2cccc12. The predicted molar refractivity (Wildman–Crippen MR) is 108 cm³/mol. The fourth-order valence-corrected chi connectivity index (χ4v) is 4.85. The molecule has 3 aromatic rings. The molecule has 2 aliphatic carbocycles. The molecule has 0 aliphatic heterocycles. The molecule has 5 nitrogen and oxygen atoms in total. The lowest BCUT2D eigenvalue weighted by Crippen LogP contribution is -2.19. The second-order valence-corrected chi connectivity index (χ2v) is 8.55. The number of nitrogens with zero attached hydrogens (tertiary/aromatic N) is 3. The normalized spacial score (nSPS) is 20.1. The van der Waals surface area contributed by atoms with Crippen LogP contribution < -0.4 is 10.1 Å². The number of fused-ring (bicyclic) bond motifs is 1. The Bertz CT molecular complexity index is 1140. The van der Waals surface area contributed by atoms with E-state index in [-0.39, 0.29) is 11.3 Å². The molecule has 0 radical (unpaired) electrons. The fraction of sp³-hybridized carbons (Fsp3) is 0.455. The number of hydrogen-bond acceptors (Lipinski definition) is 4. The Hall–Kier alpha value is -2.91. The van der Waals surface area contributed by atoms with E-state index in [1.807, 2.05) is 0 Å². The van der Waals surface area contributed by atoms with E-state index in [0.29, 0.717) is 29.0 Å². The molecule has 1 aromatic carbocycles. The lowest BCUT2D eigenvalue weighted by Gasteiger charge is -2.22. The highest BCUT2D eigenvalue weighted by Crippen LogP contribution is 2.57. The van der Waals surface area contributed by atoms with Crippen LogP contribution in [-0.2, 0) is 6.18 Å². The van der Waals surface area contributed by atoms with Crippen LogP contribution in [0.15, 0.2) is 36.5 Å². The highest BCUT2D eigenvalue weighted by molar-refractivity contribution is 5.81. The minimum Gasteiger partial charge on any atom is -0.434 e. The largest absolute Gasteiger partial charge is 0.434 e. The van der Waals surface area contributed by atoms with Gasteiger partial charge in [-0.1, -0.05) is 19.3 Å². The number of anilines is 1. The van der Waals surface area contributed by atoms with Gasteiger partial charge in [-0.25, -0.2) is 0 Å². The Kier molecular flexibility index (Phi) is 4.98. The van der Waals surface area contributed by atoms with Crippen LogP contribution in [0.3, 0.4) is 0 Å². The maximum atomic E-state index is 13.1. The van der Waals surface area contributed by atoms with Gasteiger partial charge < -0.3 is 10.1 Å². The van der Waals surface area contributed by atoms with Gasteiger partial charge in [0.15, 0.2) is 0 Å². The highest BCUT2D eigenvalue weighted by Gasteiger charge is 2.54. The molecule has 2 aromatic heterocycles. The number of alkyl halides is 5. The molecule has 10 heteroatoms. The van der Waals surface area contributed by atoms with E-state index in [4.69, 9.17) is 0 Å². The number of ether oxygens (including phenoxy) is 1. The summed E-state index contributed by atoms with van der Waals surface area (Å²) in [6, 6.07) is 6.22. The zero-order chi connectivity index (χ0) is 22.5. The van der Waals surface area contributed by atoms with Gasteiger partial charge >= 0.3 is 12.8 Å². The summed E-state index contributed by atoms with van der Waals surface area (Å²) in [5.74, 6) is -0.0827. The van der Waals surface area contributed by atoms with Gasteiger partial charge in [-0.15, -0.1) is 10.2 Å². The van der Waals surface area contributed by atoms with Crippen LogP contribution in [0.4, 0.5) is 27.9 Å². The van der Waals surface area contributed by atoms with Crippen LogP contribution in [0.1, 0.15) is 44.1 Å². The number of aromatic nitrogens is 3. The molecule has 32 heavy (non-hydrogen) atoms. The van der Waals surface area contributed by atoms with Crippen LogP contribution in [0, 0.1) is 5.41 Å². The molecule has 0 unspecified atom stereocenters. The van der Waals surface area contributed by atoms with E-state index in [1.54, 1.807) is 22.7 Å². The third kappa shape index (κ3) is 3.75. The molecule has 2 fully saturated rings. The Morgan fingerprint density at radius 3 is 2.59 bits per heavy atom. The second kappa shape index (κ2) is 7.60. The van der Waals surface area contributed by atoms with Gasteiger partial charge in [0, 0.05) is 17.8 Å². The summed E-state index contributed by atoms with van der Waals surface area (Å²) in [7, 11) is 0. The minimum absolute atomic E-state index is 0.0104. The minimum atomic E-state index is -4.69. The smallest absolute Gasteiger partial charge is 0.416 e. The Labute approximate surface area is 180 Å². The highest BCUT2D eigenvalue weighted by atomic mass is 19.4. The van der Waals surface area contributed by atoms with Gasteiger partial charge in [0.1, 0.15) is 11.4 Å². The third-order valence-electron chi connectivity index (χ3n) is 6.59. The van der Waals surface area contributed by atoms with Gasteiger partial charge in [0.2, 0.25) is 5.95 Å². The second-order valence-electron chi connectivity index (χ2n) is 8.55.